The fourth-order valence-electron chi connectivity index (χ4n) is 3.68. The van der Waals surface area contributed by atoms with E-state index in [0.29, 0.717) is 25.3 Å². The number of ketones is 1. The Morgan fingerprint density at radius 2 is 1.78 bits per heavy atom. The minimum absolute atomic E-state index is 0.214. The second-order valence-electron chi connectivity index (χ2n) is 8.09. The summed E-state index contributed by atoms with van der Waals surface area (Å²) >= 11 is 0. The molecule has 1 aliphatic carbocycles. The third-order valence-corrected chi connectivity index (χ3v) is 5.63. The van der Waals surface area contributed by atoms with Crippen LogP contribution >= 0.6 is 0 Å². The monoisotopic (exact) mass is 422 g/mol. The first-order valence-corrected chi connectivity index (χ1v) is 10.7. The van der Waals surface area contributed by atoms with E-state index in [9.17, 15) is 4.79 Å². The Bertz CT molecular complexity index is 1300. The van der Waals surface area contributed by atoms with Crippen LogP contribution in [0.25, 0.3) is 16.9 Å². The van der Waals surface area contributed by atoms with Gasteiger partial charge in [0.25, 0.3) is 0 Å². The van der Waals surface area contributed by atoms with Crippen LogP contribution in [0.2, 0.25) is 0 Å². The van der Waals surface area contributed by atoms with Gasteiger partial charge in [-0.05, 0) is 48.2 Å². The van der Waals surface area contributed by atoms with Crippen molar-refractivity contribution in [2.24, 2.45) is 5.92 Å². The maximum atomic E-state index is 12.1. The largest absolute Gasteiger partial charge is 0.489 e. The van der Waals surface area contributed by atoms with Gasteiger partial charge in [0.1, 0.15) is 18.1 Å². The second kappa shape index (κ2) is 8.64. The van der Waals surface area contributed by atoms with Gasteiger partial charge >= 0.3 is 0 Å². The Morgan fingerprint density at radius 1 is 1.03 bits per heavy atom. The normalized spacial score (nSPS) is 13.1. The Kier molecular flexibility index (Phi) is 5.39. The molecule has 6 nitrogen and oxygen atoms in total. The summed E-state index contributed by atoms with van der Waals surface area (Å²) in [4.78, 5) is 16.7. The van der Waals surface area contributed by atoms with Crippen LogP contribution in [0.3, 0.4) is 0 Å². The lowest BCUT2D eigenvalue weighted by Gasteiger charge is -2.08. The van der Waals surface area contributed by atoms with Crippen molar-refractivity contribution >= 4 is 11.4 Å². The molecule has 32 heavy (non-hydrogen) atoms. The predicted molar refractivity (Wildman–Crippen MR) is 120 cm³/mol. The van der Waals surface area contributed by atoms with E-state index in [-0.39, 0.29) is 11.7 Å². The van der Waals surface area contributed by atoms with Crippen molar-refractivity contribution in [3.05, 3.63) is 83.7 Å². The van der Waals surface area contributed by atoms with Crippen molar-refractivity contribution in [1.29, 1.82) is 5.26 Å². The number of benzene rings is 2. The zero-order valence-corrected chi connectivity index (χ0v) is 17.6. The fourth-order valence-corrected chi connectivity index (χ4v) is 3.68. The molecule has 0 atom stereocenters. The molecule has 5 rings (SSSR count). The fraction of sp³-hybridized carbons (Fsp3) is 0.231. The highest BCUT2D eigenvalue weighted by Crippen LogP contribution is 2.30. The minimum Gasteiger partial charge on any atom is -0.489 e. The molecule has 0 bridgehead atoms. The Morgan fingerprint density at radius 3 is 2.50 bits per heavy atom. The highest BCUT2D eigenvalue weighted by atomic mass is 16.5. The summed E-state index contributed by atoms with van der Waals surface area (Å²) in [5.41, 5.74) is 4.72. The van der Waals surface area contributed by atoms with Crippen molar-refractivity contribution in [2.45, 2.75) is 32.3 Å². The van der Waals surface area contributed by atoms with Gasteiger partial charge in [0.05, 0.1) is 24.6 Å². The number of Topliss-reactive ketones (excluding diaryl/α,β-unsaturated/α-hetero) is 1. The number of carbonyl (C=O) groups excluding carboxylic acids is 1. The average molecular weight is 422 g/mol. The maximum absolute atomic E-state index is 12.1. The van der Waals surface area contributed by atoms with Gasteiger partial charge in [-0.3, -0.25) is 4.79 Å². The predicted octanol–water partition coefficient (Wildman–Crippen LogP) is 4.56. The maximum Gasteiger partial charge on any atom is 0.159 e. The molecule has 158 valence electrons. The van der Waals surface area contributed by atoms with Crippen molar-refractivity contribution in [1.82, 2.24) is 14.6 Å². The lowest BCUT2D eigenvalue weighted by Crippen LogP contribution is -2.06. The quantitative estimate of drug-likeness (QED) is 0.416. The summed E-state index contributed by atoms with van der Waals surface area (Å²) in [5, 5.41) is 13.4. The van der Waals surface area contributed by atoms with Crippen molar-refractivity contribution in [3.63, 3.8) is 0 Å². The van der Waals surface area contributed by atoms with Gasteiger partial charge in [-0.15, -0.1) is 0 Å². The Balaban J connectivity index is 1.29. The number of pyridine rings is 1. The molecule has 1 saturated carbocycles. The highest BCUT2D eigenvalue weighted by molar-refractivity contribution is 5.84. The van der Waals surface area contributed by atoms with Gasteiger partial charge in [-0.1, -0.05) is 42.5 Å². The number of hydrogen-bond acceptors (Lipinski definition) is 5. The third-order valence-electron chi connectivity index (χ3n) is 5.63. The summed E-state index contributed by atoms with van der Waals surface area (Å²) in [5.74, 6) is 1.81. The van der Waals surface area contributed by atoms with Crippen LogP contribution in [0.4, 0.5) is 0 Å². The smallest absolute Gasteiger partial charge is 0.159 e. The van der Waals surface area contributed by atoms with Gasteiger partial charge in [-0.2, -0.15) is 10.4 Å². The van der Waals surface area contributed by atoms with E-state index in [0.717, 1.165) is 46.6 Å². The summed E-state index contributed by atoms with van der Waals surface area (Å²) in [6.07, 6.45) is 2.71. The summed E-state index contributed by atoms with van der Waals surface area (Å²) < 4.78 is 7.67. The minimum atomic E-state index is 0.214. The molecule has 1 fully saturated rings. The van der Waals surface area contributed by atoms with Gasteiger partial charge in [0.2, 0.25) is 0 Å². The number of nitrogens with zero attached hydrogens (tertiary/aromatic N) is 4. The lowest BCUT2D eigenvalue weighted by atomic mass is 10.1. The zero-order valence-electron chi connectivity index (χ0n) is 17.6. The van der Waals surface area contributed by atoms with E-state index in [4.69, 9.17) is 10.00 Å². The van der Waals surface area contributed by atoms with Crippen molar-refractivity contribution in [3.8, 4) is 23.1 Å². The third kappa shape index (κ3) is 4.37. The van der Waals surface area contributed by atoms with Crippen LogP contribution in [0.5, 0.6) is 5.75 Å². The Hall–Kier alpha value is -3.98. The number of aromatic nitrogens is 3. The second-order valence-corrected chi connectivity index (χ2v) is 8.09. The molecule has 0 amide bonds. The van der Waals surface area contributed by atoms with Crippen LogP contribution in [0.15, 0.2) is 66.7 Å². The number of nitriles is 1. The first-order valence-electron chi connectivity index (χ1n) is 10.7. The van der Waals surface area contributed by atoms with E-state index in [1.54, 1.807) is 0 Å². The molecule has 0 spiro atoms. The number of hydrogen-bond donors (Lipinski definition) is 0. The van der Waals surface area contributed by atoms with Crippen LogP contribution in [0, 0.1) is 17.2 Å². The van der Waals surface area contributed by atoms with E-state index in [1.165, 1.54) is 0 Å². The first-order chi connectivity index (χ1) is 15.7. The van der Waals surface area contributed by atoms with Gasteiger partial charge in [0.15, 0.2) is 11.5 Å². The molecular formula is C26H22N4O2. The standard InChI is InChI=1S/C26H22N4O2/c27-15-14-18-6-12-22(13-7-18)32-17-19-4-8-20(9-5-19)23-2-1-3-26-28-25(29-30(23)26)16-24(31)21-10-11-21/h1-9,12-13,21H,10-11,14,16-17H2. The van der Waals surface area contributed by atoms with Crippen molar-refractivity contribution < 1.29 is 9.53 Å². The summed E-state index contributed by atoms with van der Waals surface area (Å²) in [6.45, 7) is 0.457. The van der Waals surface area contributed by atoms with Crippen LogP contribution < -0.4 is 4.74 Å². The first kappa shape index (κ1) is 20.0. The van der Waals surface area contributed by atoms with E-state index < -0.39 is 0 Å². The zero-order chi connectivity index (χ0) is 21.9. The number of fused-ring (bicyclic) bond motifs is 1. The Labute approximate surface area is 186 Å². The molecule has 2 aromatic carbocycles. The number of rotatable bonds is 8. The molecule has 2 aromatic heterocycles. The average Bonchev–Trinajstić information content (AvgIpc) is 3.59. The molecule has 4 aromatic rings. The van der Waals surface area contributed by atoms with Crippen LogP contribution in [0.1, 0.15) is 29.8 Å². The van der Waals surface area contributed by atoms with Crippen LogP contribution in [-0.2, 0) is 24.2 Å². The summed E-state index contributed by atoms with van der Waals surface area (Å²) in [7, 11) is 0. The summed E-state index contributed by atoms with van der Waals surface area (Å²) in [6, 6.07) is 23.8. The SMILES string of the molecule is N#CCc1ccc(OCc2ccc(-c3cccc4nc(CC(=O)C5CC5)nn34)cc2)cc1. The highest BCUT2D eigenvalue weighted by Gasteiger charge is 2.30. The number of ether oxygens (including phenoxy) is 1. The molecule has 0 unspecified atom stereocenters. The molecule has 1 aliphatic rings. The van der Waals surface area contributed by atoms with Crippen LogP contribution in [-0.4, -0.2) is 20.4 Å². The van der Waals surface area contributed by atoms with Gasteiger partial charge in [0, 0.05) is 11.5 Å². The molecule has 0 N–H and O–H groups in total. The molecule has 0 saturated heterocycles. The molecular weight excluding hydrogens is 400 g/mol. The van der Waals surface area contributed by atoms with E-state index in [2.05, 4.69) is 16.2 Å². The molecule has 0 radical (unpaired) electrons. The lowest BCUT2D eigenvalue weighted by molar-refractivity contribution is -0.119. The molecule has 6 heteroatoms. The van der Waals surface area contributed by atoms with Gasteiger partial charge in [-0.25, -0.2) is 9.50 Å². The number of carbonyl (C=O) groups is 1. The molecule has 2 heterocycles. The van der Waals surface area contributed by atoms with Gasteiger partial charge < -0.3 is 4.74 Å². The topological polar surface area (TPSA) is 80.3 Å². The molecule has 0 aliphatic heterocycles. The van der Waals surface area contributed by atoms with E-state index >= 15 is 0 Å². The van der Waals surface area contributed by atoms with Crippen molar-refractivity contribution in [2.75, 3.05) is 0 Å². The van der Waals surface area contributed by atoms with E-state index in [1.807, 2.05) is 71.2 Å².